The molecule has 1 N–H and O–H groups in total. The normalized spacial score (nSPS) is 11.0. The molecule has 0 aliphatic heterocycles. The van der Waals surface area contributed by atoms with Gasteiger partial charge in [0.2, 0.25) is 0 Å². The molecule has 2 rings (SSSR count). The van der Waals surface area contributed by atoms with Gasteiger partial charge >= 0.3 is 0 Å². The van der Waals surface area contributed by atoms with Gasteiger partial charge < -0.3 is 5.11 Å². The van der Waals surface area contributed by atoms with Gasteiger partial charge in [-0.15, -0.1) is 5.11 Å². The van der Waals surface area contributed by atoms with Crippen LogP contribution in [0.4, 0.5) is 11.4 Å². The lowest BCUT2D eigenvalue weighted by molar-refractivity contribution is 0.476. The zero-order valence-electron chi connectivity index (χ0n) is 9.97. The van der Waals surface area contributed by atoms with Crippen LogP contribution in [-0.2, 0) is 6.42 Å². The van der Waals surface area contributed by atoms with E-state index in [4.69, 9.17) is 0 Å². The SMILES string of the molecule is CCc1ccc(O)c(N=Nc2ccc(Br)cc2)c1. The monoisotopic (exact) mass is 304 g/mol. The van der Waals surface area contributed by atoms with Crippen LogP contribution in [0.2, 0.25) is 0 Å². The van der Waals surface area contributed by atoms with Crippen molar-refractivity contribution in [3.05, 3.63) is 52.5 Å². The molecular formula is C14H13BrN2O. The average molecular weight is 305 g/mol. The van der Waals surface area contributed by atoms with E-state index >= 15 is 0 Å². The van der Waals surface area contributed by atoms with Gasteiger partial charge in [0.25, 0.3) is 0 Å². The van der Waals surface area contributed by atoms with E-state index in [0.717, 1.165) is 22.1 Å². The number of aryl methyl sites for hydroxylation is 1. The summed E-state index contributed by atoms with van der Waals surface area (Å²) in [6.07, 6.45) is 0.904. The van der Waals surface area contributed by atoms with E-state index in [0.29, 0.717) is 5.69 Å². The molecule has 0 saturated heterocycles. The summed E-state index contributed by atoms with van der Waals surface area (Å²) in [6.45, 7) is 2.06. The molecule has 0 unspecified atom stereocenters. The molecule has 2 aromatic carbocycles. The number of benzene rings is 2. The maximum Gasteiger partial charge on any atom is 0.143 e. The van der Waals surface area contributed by atoms with Crippen molar-refractivity contribution in [3.8, 4) is 5.75 Å². The van der Waals surface area contributed by atoms with Crippen molar-refractivity contribution in [1.29, 1.82) is 0 Å². The minimum atomic E-state index is 0.146. The molecule has 0 spiro atoms. The summed E-state index contributed by atoms with van der Waals surface area (Å²) in [5.41, 5.74) is 2.37. The van der Waals surface area contributed by atoms with Crippen LogP contribution in [0.15, 0.2) is 57.2 Å². The van der Waals surface area contributed by atoms with Gasteiger partial charge in [0.15, 0.2) is 0 Å². The second-order valence-corrected chi connectivity index (χ2v) is 4.77. The lowest BCUT2D eigenvalue weighted by Crippen LogP contribution is -1.78. The molecule has 0 aromatic heterocycles. The molecule has 92 valence electrons. The van der Waals surface area contributed by atoms with Crippen molar-refractivity contribution in [3.63, 3.8) is 0 Å². The molecular weight excluding hydrogens is 292 g/mol. The van der Waals surface area contributed by atoms with Gasteiger partial charge in [-0.3, -0.25) is 0 Å². The Hall–Kier alpha value is -1.68. The van der Waals surface area contributed by atoms with Crippen LogP contribution in [0, 0.1) is 0 Å². The predicted octanol–water partition coefficient (Wildman–Crippen LogP) is 5.13. The Labute approximate surface area is 114 Å². The standard InChI is InChI=1S/C14H13BrN2O/c1-2-10-3-8-14(18)13(9-10)17-16-12-6-4-11(15)5-7-12/h3-9,18H,2H2,1H3. The summed E-state index contributed by atoms with van der Waals surface area (Å²) in [6, 6.07) is 12.9. The number of nitrogens with zero attached hydrogens (tertiary/aromatic N) is 2. The molecule has 0 radical (unpaired) electrons. The molecule has 0 atom stereocenters. The van der Waals surface area contributed by atoms with E-state index in [2.05, 4.69) is 33.1 Å². The zero-order valence-corrected chi connectivity index (χ0v) is 11.6. The number of halogens is 1. The molecule has 0 amide bonds. The largest absolute Gasteiger partial charge is 0.506 e. The van der Waals surface area contributed by atoms with Crippen molar-refractivity contribution in [2.75, 3.05) is 0 Å². The second kappa shape index (κ2) is 5.78. The number of azo groups is 1. The van der Waals surface area contributed by atoms with Crippen LogP contribution < -0.4 is 0 Å². The minimum Gasteiger partial charge on any atom is -0.506 e. The number of hydrogen-bond donors (Lipinski definition) is 1. The third-order valence-electron chi connectivity index (χ3n) is 2.55. The van der Waals surface area contributed by atoms with Crippen molar-refractivity contribution >= 4 is 27.3 Å². The fourth-order valence-corrected chi connectivity index (χ4v) is 1.75. The van der Waals surface area contributed by atoms with Crippen LogP contribution >= 0.6 is 15.9 Å². The summed E-state index contributed by atoms with van der Waals surface area (Å²) < 4.78 is 0.997. The van der Waals surface area contributed by atoms with Crippen molar-refractivity contribution < 1.29 is 5.11 Å². The first kappa shape index (κ1) is 12.8. The first-order valence-electron chi connectivity index (χ1n) is 5.68. The summed E-state index contributed by atoms with van der Waals surface area (Å²) in [5, 5.41) is 17.9. The molecule has 18 heavy (non-hydrogen) atoms. The third kappa shape index (κ3) is 3.17. The van der Waals surface area contributed by atoms with Gasteiger partial charge in [-0.05, 0) is 48.4 Å². The minimum absolute atomic E-state index is 0.146. The summed E-state index contributed by atoms with van der Waals surface area (Å²) in [5.74, 6) is 0.146. The second-order valence-electron chi connectivity index (χ2n) is 3.85. The molecule has 0 aliphatic rings. The highest BCUT2D eigenvalue weighted by Gasteiger charge is 2.00. The fourth-order valence-electron chi connectivity index (χ4n) is 1.49. The lowest BCUT2D eigenvalue weighted by Gasteiger charge is -2.01. The molecule has 0 aliphatic carbocycles. The van der Waals surface area contributed by atoms with E-state index < -0.39 is 0 Å². The maximum absolute atomic E-state index is 9.69. The van der Waals surface area contributed by atoms with E-state index in [1.807, 2.05) is 36.4 Å². The summed E-state index contributed by atoms with van der Waals surface area (Å²) in [7, 11) is 0. The molecule has 0 heterocycles. The molecule has 2 aromatic rings. The van der Waals surface area contributed by atoms with Crippen LogP contribution in [-0.4, -0.2) is 5.11 Å². The van der Waals surface area contributed by atoms with Crippen molar-refractivity contribution in [2.24, 2.45) is 10.2 Å². The van der Waals surface area contributed by atoms with Gasteiger partial charge in [0.1, 0.15) is 11.4 Å². The number of aromatic hydroxyl groups is 1. The zero-order chi connectivity index (χ0) is 13.0. The van der Waals surface area contributed by atoms with E-state index in [-0.39, 0.29) is 5.75 Å². The Morgan fingerprint density at radius 3 is 2.44 bits per heavy atom. The molecule has 0 bridgehead atoms. The first-order valence-corrected chi connectivity index (χ1v) is 6.47. The van der Waals surface area contributed by atoms with E-state index in [9.17, 15) is 5.11 Å². The summed E-state index contributed by atoms with van der Waals surface area (Å²) >= 11 is 3.36. The van der Waals surface area contributed by atoms with Crippen molar-refractivity contribution in [1.82, 2.24) is 0 Å². The smallest absolute Gasteiger partial charge is 0.143 e. The Morgan fingerprint density at radius 2 is 1.78 bits per heavy atom. The van der Waals surface area contributed by atoms with Gasteiger partial charge in [-0.25, -0.2) is 0 Å². The van der Waals surface area contributed by atoms with Gasteiger partial charge in [-0.2, -0.15) is 5.11 Å². The van der Waals surface area contributed by atoms with Crippen LogP contribution in [0.3, 0.4) is 0 Å². The third-order valence-corrected chi connectivity index (χ3v) is 3.08. The highest BCUT2D eigenvalue weighted by molar-refractivity contribution is 9.10. The predicted molar refractivity (Wildman–Crippen MR) is 75.8 cm³/mol. The van der Waals surface area contributed by atoms with Crippen LogP contribution in [0.25, 0.3) is 0 Å². The number of hydrogen-bond acceptors (Lipinski definition) is 3. The Balaban J connectivity index is 2.25. The number of phenols is 1. The van der Waals surface area contributed by atoms with E-state index in [1.54, 1.807) is 6.07 Å². The quantitative estimate of drug-likeness (QED) is 0.785. The maximum atomic E-state index is 9.69. The number of rotatable bonds is 3. The highest BCUT2D eigenvalue weighted by atomic mass is 79.9. The van der Waals surface area contributed by atoms with Gasteiger partial charge in [0, 0.05) is 4.47 Å². The number of phenolic OH excluding ortho intramolecular Hbond substituents is 1. The first-order chi connectivity index (χ1) is 8.69. The van der Waals surface area contributed by atoms with E-state index in [1.165, 1.54) is 0 Å². The topological polar surface area (TPSA) is 45.0 Å². The fraction of sp³-hybridized carbons (Fsp3) is 0.143. The molecule has 3 nitrogen and oxygen atoms in total. The lowest BCUT2D eigenvalue weighted by atomic mass is 10.1. The average Bonchev–Trinajstić information content (AvgIpc) is 2.40. The Kier molecular flexibility index (Phi) is 4.10. The van der Waals surface area contributed by atoms with Gasteiger partial charge in [-0.1, -0.05) is 28.9 Å². The molecule has 4 heteroatoms. The molecule has 0 fully saturated rings. The Morgan fingerprint density at radius 1 is 1.06 bits per heavy atom. The van der Waals surface area contributed by atoms with Gasteiger partial charge in [0.05, 0.1) is 5.69 Å². The van der Waals surface area contributed by atoms with Crippen LogP contribution in [0.1, 0.15) is 12.5 Å². The highest BCUT2D eigenvalue weighted by Crippen LogP contribution is 2.29. The van der Waals surface area contributed by atoms with Crippen LogP contribution in [0.5, 0.6) is 5.75 Å². The summed E-state index contributed by atoms with van der Waals surface area (Å²) in [4.78, 5) is 0. The molecule has 0 saturated carbocycles. The Bertz CT molecular complexity index is 565. The van der Waals surface area contributed by atoms with Crippen molar-refractivity contribution in [2.45, 2.75) is 13.3 Å².